The zero-order valence-electron chi connectivity index (χ0n) is 15.4. The van der Waals surface area contributed by atoms with E-state index < -0.39 is 23.2 Å². The summed E-state index contributed by atoms with van der Waals surface area (Å²) in [4.78, 5) is 0. The summed E-state index contributed by atoms with van der Waals surface area (Å²) < 4.78 is 62.1. The van der Waals surface area contributed by atoms with Crippen LogP contribution < -0.4 is 0 Å². The van der Waals surface area contributed by atoms with Gasteiger partial charge in [0.2, 0.25) is 0 Å². The van der Waals surface area contributed by atoms with Crippen LogP contribution in [0.2, 0.25) is 0 Å². The second-order valence-corrected chi connectivity index (χ2v) is 7.16. The van der Waals surface area contributed by atoms with Gasteiger partial charge in [-0.2, -0.15) is 17.6 Å². The van der Waals surface area contributed by atoms with E-state index in [1.807, 2.05) is 6.08 Å². The monoisotopic (exact) mass is 380 g/mol. The molecular weight excluding hydrogens is 356 g/mol. The lowest BCUT2D eigenvalue weighted by atomic mass is 9.78. The van der Waals surface area contributed by atoms with E-state index in [-0.39, 0.29) is 12.2 Å². The second kappa shape index (κ2) is 7.53. The molecule has 0 atom stereocenters. The first kappa shape index (κ1) is 19.7. The summed E-state index contributed by atoms with van der Waals surface area (Å²) in [5, 5.41) is 0. The third-order valence-electron chi connectivity index (χ3n) is 5.54. The molecule has 2 aliphatic carbocycles. The van der Waals surface area contributed by atoms with E-state index in [0.29, 0.717) is 11.8 Å². The van der Waals surface area contributed by atoms with Crippen molar-refractivity contribution in [1.29, 1.82) is 0 Å². The lowest BCUT2D eigenvalue weighted by Gasteiger charge is -2.33. The van der Waals surface area contributed by atoms with Gasteiger partial charge in [0, 0.05) is 5.57 Å². The standard InChI is InChI=1S/C22H24F4O/c1-3-15-5-7-16(8-6-15)17-9-11-18(12-10-17)19-13-14-20(27-4-2)22(25,26)21(19,23)24/h3,9-16H,1,4-8H2,2H3. The molecular formula is C22H24F4O. The van der Waals surface area contributed by atoms with Crippen LogP contribution in [0.1, 0.15) is 49.7 Å². The zero-order chi connectivity index (χ0) is 19.7. The number of benzene rings is 1. The Labute approximate surface area is 157 Å². The first-order chi connectivity index (χ1) is 12.8. The molecule has 146 valence electrons. The van der Waals surface area contributed by atoms with Gasteiger partial charge >= 0.3 is 11.8 Å². The molecule has 0 saturated heterocycles. The van der Waals surface area contributed by atoms with Gasteiger partial charge in [0.1, 0.15) is 0 Å². The van der Waals surface area contributed by atoms with Crippen LogP contribution >= 0.6 is 0 Å². The SMILES string of the molecule is C=CC1CCC(c2ccc(C3=CC=C(OCC)C(F)(F)C3(F)F)cc2)CC1. The molecule has 1 aromatic carbocycles. The van der Waals surface area contributed by atoms with Crippen LogP contribution in [0.5, 0.6) is 0 Å². The van der Waals surface area contributed by atoms with E-state index in [2.05, 4.69) is 6.58 Å². The van der Waals surface area contributed by atoms with Crippen molar-refractivity contribution in [2.75, 3.05) is 6.61 Å². The molecule has 0 amide bonds. The predicted octanol–water partition coefficient (Wildman–Crippen LogP) is 6.73. The van der Waals surface area contributed by atoms with Crippen LogP contribution in [0.4, 0.5) is 17.6 Å². The first-order valence-corrected chi connectivity index (χ1v) is 9.35. The normalized spacial score (nSPS) is 26.7. The van der Waals surface area contributed by atoms with Crippen molar-refractivity contribution < 1.29 is 22.3 Å². The zero-order valence-corrected chi connectivity index (χ0v) is 15.4. The molecule has 0 unspecified atom stereocenters. The lowest BCUT2D eigenvalue weighted by Crippen LogP contribution is -2.45. The molecule has 3 rings (SSSR count). The van der Waals surface area contributed by atoms with Crippen LogP contribution in [0.3, 0.4) is 0 Å². The minimum absolute atomic E-state index is 0.0938. The molecule has 1 fully saturated rings. The summed E-state index contributed by atoms with van der Waals surface area (Å²) in [6, 6.07) is 6.60. The van der Waals surface area contributed by atoms with Crippen molar-refractivity contribution in [3.8, 4) is 0 Å². The molecule has 0 radical (unpaired) electrons. The van der Waals surface area contributed by atoms with Gasteiger partial charge in [-0.1, -0.05) is 30.3 Å². The van der Waals surface area contributed by atoms with Crippen molar-refractivity contribution >= 4 is 5.57 Å². The fourth-order valence-corrected chi connectivity index (χ4v) is 3.89. The largest absolute Gasteiger partial charge is 0.492 e. The van der Waals surface area contributed by atoms with Gasteiger partial charge in [-0.15, -0.1) is 6.58 Å². The van der Waals surface area contributed by atoms with E-state index in [1.54, 1.807) is 12.1 Å². The van der Waals surface area contributed by atoms with Crippen molar-refractivity contribution in [1.82, 2.24) is 0 Å². The Hall–Kier alpha value is -2.04. The van der Waals surface area contributed by atoms with Crippen molar-refractivity contribution in [2.24, 2.45) is 5.92 Å². The number of ether oxygens (including phenoxy) is 1. The molecule has 1 saturated carbocycles. The fraction of sp³-hybridized carbons (Fsp3) is 0.455. The Balaban J connectivity index is 1.83. The van der Waals surface area contributed by atoms with Gasteiger partial charge in [-0.05, 0) is 67.7 Å². The average molecular weight is 380 g/mol. The Morgan fingerprint density at radius 2 is 1.63 bits per heavy atom. The quantitative estimate of drug-likeness (QED) is 0.406. The van der Waals surface area contributed by atoms with Crippen LogP contribution in [-0.4, -0.2) is 18.5 Å². The summed E-state index contributed by atoms with van der Waals surface area (Å²) in [6.07, 6.45) is 8.14. The van der Waals surface area contributed by atoms with Gasteiger partial charge in [0.15, 0.2) is 5.76 Å². The third kappa shape index (κ3) is 3.56. The third-order valence-corrected chi connectivity index (χ3v) is 5.54. The molecule has 0 bridgehead atoms. The topological polar surface area (TPSA) is 9.23 Å². The van der Waals surface area contributed by atoms with Gasteiger partial charge in [0.05, 0.1) is 6.61 Å². The maximum atomic E-state index is 14.5. The first-order valence-electron chi connectivity index (χ1n) is 9.35. The van der Waals surface area contributed by atoms with Gasteiger partial charge < -0.3 is 4.74 Å². The predicted molar refractivity (Wildman–Crippen MR) is 98.9 cm³/mol. The van der Waals surface area contributed by atoms with Crippen molar-refractivity contribution in [3.05, 3.63) is 66.0 Å². The van der Waals surface area contributed by atoms with E-state index in [4.69, 9.17) is 4.74 Å². The molecule has 0 aliphatic heterocycles. The molecule has 0 spiro atoms. The maximum absolute atomic E-state index is 14.5. The molecule has 1 nitrogen and oxygen atoms in total. The minimum atomic E-state index is -4.37. The molecule has 0 heterocycles. The summed E-state index contributed by atoms with van der Waals surface area (Å²) in [6.45, 7) is 5.22. The number of halogens is 4. The van der Waals surface area contributed by atoms with Crippen LogP contribution in [0.15, 0.2) is 54.8 Å². The number of allylic oxidation sites excluding steroid dienone is 5. The number of hydrogen-bond acceptors (Lipinski definition) is 1. The van der Waals surface area contributed by atoms with E-state index >= 15 is 0 Å². The average Bonchev–Trinajstić information content (AvgIpc) is 2.66. The highest BCUT2D eigenvalue weighted by Gasteiger charge is 2.63. The summed E-state index contributed by atoms with van der Waals surface area (Å²) in [5.41, 5.74) is 0.492. The minimum Gasteiger partial charge on any atom is -0.492 e. The Bertz CT molecular complexity index is 738. The van der Waals surface area contributed by atoms with Crippen LogP contribution in [0.25, 0.3) is 5.57 Å². The van der Waals surface area contributed by atoms with Crippen molar-refractivity contribution in [3.63, 3.8) is 0 Å². The van der Waals surface area contributed by atoms with Crippen LogP contribution in [0, 0.1) is 5.92 Å². The lowest BCUT2D eigenvalue weighted by molar-refractivity contribution is -0.171. The van der Waals surface area contributed by atoms with E-state index in [0.717, 1.165) is 43.4 Å². The molecule has 1 aromatic rings. The summed E-state index contributed by atoms with van der Waals surface area (Å²) in [7, 11) is 0. The second-order valence-electron chi connectivity index (χ2n) is 7.16. The van der Waals surface area contributed by atoms with Crippen molar-refractivity contribution in [2.45, 2.75) is 50.4 Å². The van der Waals surface area contributed by atoms with E-state index in [9.17, 15) is 17.6 Å². The number of rotatable bonds is 5. The summed E-state index contributed by atoms with van der Waals surface area (Å²) in [5.74, 6) is -8.76. The molecule has 5 heteroatoms. The molecule has 2 aliphatic rings. The smallest absolute Gasteiger partial charge is 0.370 e. The molecule has 0 aromatic heterocycles. The molecule has 0 N–H and O–H groups in total. The Morgan fingerprint density at radius 1 is 1.00 bits per heavy atom. The Kier molecular flexibility index (Phi) is 5.50. The molecule has 27 heavy (non-hydrogen) atoms. The Morgan fingerprint density at radius 3 is 2.19 bits per heavy atom. The van der Waals surface area contributed by atoms with Gasteiger partial charge in [-0.3, -0.25) is 0 Å². The van der Waals surface area contributed by atoms with Crippen LogP contribution in [-0.2, 0) is 4.74 Å². The number of hydrogen-bond donors (Lipinski definition) is 0. The highest BCUT2D eigenvalue weighted by Crippen LogP contribution is 2.51. The summed E-state index contributed by atoms with van der Waals surface area (Å²) >= 11 is 0. The highest BCUT2D eigenvalue weighted by atomic mass is 19.3. The fourth-order valence-electron chi connectivity index (χ4n) is 3.89. The van der Waals surface area contributed by atoms with Gasteiger partial charge in [-0.25, -0.2) is 0 Å². The van der Waals surface area contributed by atoms with Gasteiger partial charge in [0.25, 0.3) is 0 Å². The maximum Gasteiger partial charge on any atom is 0.370 e. The highest BCUT2D eigenvalue weighted by molar-refractivity contribution is 5.75. The van der Waals surface area contributed by atoms with E-state index in [1.165, 1.54) is 19.1 Å². The number of alkyl halides is 4.